The smallest absolute Gasteiger partial charge is 0.140 e. The van der Waals surface area contributed by atoms with Crippen LogP contribution in [0.1, 0.15) is 50.2 Å². The maximum atomic E-state index is 12.9. The Kier molecular flexibility index (Phi) is 2.57. The number of Topliss-reactive ketones (excluding diaryl/α,β-unsaturated/α-hetero) is 1. The maximum Gasteiger partial charge on any atom is 0.140 e. The van der Waals surface area contributed by atoms with Crippen molar-refractivity contribution in [1.82, 2.24) is 0 Å². The van der Waals surface area contributed by atoms with Crippen molar-refractivity contribution >= 4 is 5.78 Å². The van der Waals surface area contributed by atoms with Gasteiger partial charge in [0.25, 0.3) is 0 Å². The number of carbonyl (C=O) groups excluding carboxylic acids is 1. The van der Waals surface area contributed by atoms with Crippen molar-refractivity contribution in [3.8, 4) is 0 Å². The molecule has 0 heterocycles. The van der Waals surface area contributed by atoms with Crippen LogP contribution in [-0.2, 0) is 10.2 Å². The lowest BCUT2D eigenvalue weighted by Crippen LogP contribution is -2.57. The summed E-state index contributed by atoms with van der Waals surface area (Å²) in [6, 6.07) is 8.48. The summed E-state index contributed by atoms with van der Waals surface area (Å²) in [7, 11) is 0. The van der Waals surface area contributed by atoms with Gasteiger partial charge in [-0.15, -0.1) is 0 Å². The Morgan fingerprint density at radius 3 is 2.81 bits per heavy atom. The number of hydrogen-bond acceptors (Lipinski definition) is 2. The number of benzene rings is 1. The van der Waals surface area contributed by atoms with E-state index in [4.69, 9.17) is 0 Å². The number of rotatable bonds is 0. The molecule has 5 rings (SSSR count). The molecule has 1 N–H and O–H groups in total. The SMILES string of the molecule is CC1(C)CC[C@H](O)[C@H]2C(=O)C[C@@H]3C=C[C@@]21c1ccccc13. The number of carbonyl (C=O) groups is 1. The fourth-order valence-corrected chi connectivity index (χ4v) is 5.12. The second-order valence-corrected chi connectivity index (χ2v) is 7.56. The number of aliphatic hydroxyl groups excluding tert-OH is 1. The Bertz CT molecular complexity index is 643. The molecule has 2 nitrogen and oxygen atoms in total. The summed E-state index contributed by atoms with van der Waals surface area (Å²) < 4.78 is 0. The normalized spacial score (nSPS) is 39.6. The van der Waals surface area contributed by atoms with Crippen LogP contribution in [0, 0.1) is 11.3 Å². The second kappa shape index (κ2) is 4.07. The molecule has 0 saturated heterocycles. The van der Waals surface area contributed by atoms with Gasteiger partial charge in [0, 0.05) is 17.8 Å². The molecular formula is C19H22O2. The van der Waals surface area contributed by atoms with E-state index in [-0.39, 0.29) is 28.4 Å². The number of ketones is 1. The number of allylic oxidation sites excluding steroid dienone is 2. The van der Waals surface area contributed by atoms with Crippen LogP contribution >= 0.6 is 0 Å². The minimum Gasteiger partial charge on any atom is -0.392 e. The van der Waals surface area contributed by atoms with E-state index in [0.29, 0.717) is 6.42 Å². The molecule has 0 unspecified atom stereocenters. The van der Waals surface area contributed by atoms with Gasteiger partial charge in [0.05, 0.1) is 12.0 Å². The van der Waals surface area contributed by atoms with Crippen LogP contribution in [0.4, 0.5) is 0 Å². The second-order valence-electron chi connectivity index (χ2n) is 7.56. The molecule has 110 valence electrons. The molecule has 0 amide bonds. The molecule has 0 aromatic heterocycles. The van der Waals surface area contributed by atoms with E-state index in [1.54, 1.807) is 0 Å². The summed E-state index contributed by atoms with van der Waals surface area (Å²) >= 11 is 0. The van der Waals surface area contributed by atoms with Gasteiger partial charge < -0.3 is 5.11 Å². The summed E-state index contributed by atoms with van der Waals surface area (Å²) in [6.07, 6.45) is 6.18. The van der Waals surface area contributed by atoms with Gasteiger partial charge in [-0.05, 0) is 29.4 Å². The van der Waals surface area contributed by atoms with E-state index in [9.17, 15) is 9.90 Å². The van der Waals surface area contributed by atoms with Crippen LogP contribution in [0.2, 0.25) is 0 Å². The van der Waals surface area contributed by atoms with Crippen LogP contribution in [0.15, 0.2) is 36.4 Å². The number of aliphatic hydroxyl groups is 1. The topological polar surface area (TPSA) is 37.3 Å². The van der Waals surface area contributed by atoms with Crippen LogP contribution in [0.5, 0.6) is 0 Å². The molecular weight excluding hydrogens is 260 g/mol. The molecule has 1 fully saturated rings. The number of fused-ring (bicyclic) bond motifs is 1. The first-order valence-electron chi connectivity index (χ1n) is 7.97. The minimum absolute atomic E-state index is 0.0194. The zero-order valence-corrected chi connectivity index (χ0v) is 12.7. The Morgan fingerprint density at radius 1 is 1.24 bits per heavy atom. The van der Waals surface area contributed by atoms with Gasteiger partial charge in [-0.25, -0.2) is 0 Å². The first kappa shape index (κ1) is 13.3. The van der Waals surface area contributed by atoms with E-state index in [2.05, 4.69) is 50.3 Å². The predicted molar refractivity (Wildman–Crippen MR) is 82.1 cm³/mol. The fraction of sp³-hybridized carbons (Fsp3) is 0.526. The molecule has 1 spiro atoms. The van der Waals surface area contributed by atoms with Gasteiger partial charge in [-0.1, -0.05) is 50.3 Å². The van der Waals surface area contributed by atoms with Crippen LogP contribution < -0.4 is 0 Å². The maximum absolute atomic E-state index is 12.9. The van der Waals surface area contributed by atoms with Crippen molar-refractivity contribution in [2.24, 2.45) is 11.3 Å². The summed E-state index contributed by atoms with van der Waals surface area (Å²) in [4.78, 5) is 12.9. The fourth-order valence-electron chi connectivity index (χ4n) is 5.12. The summed E-state index contributed by atoms with van der Waals surface area (Å²) in [5.74, 6) is 0.139. The third-order valence-electron chi connectivity index (χ3n) is 6.23. The van der Waals surface area contributed by atoms with Gasteiger partial charge in [-0.3, -0.25) is 4.79 Å². The van der Waals surface area contributed by atoms with Gasteiger partial charge in [-0.2, -0.15) is 0 Å². The van der Waals surface area contributed by atoms with Crippen molar-refractivity contribution in [3.63, 3.8) is 0 Å². The van der Waals surface area contributed by atoms with Crippen molar-refractivity contribution in [1.29, 1.82) is 0 Å². The quantitative estimate of drug-likeness (QED) is 0.741. The molecule has 1 saturated carbocycles. The lowest BCUT2D eigenvalue weighted by Gasteiger charge is -2.55. The Hall–Kier alpha value is -1.41. The lowest BCUT2D eigenvalue weighted by atomic mass is 9.48. The molecule has 21 heavy (non-hydrogen) atoms. The largest absolute Gasteiger partial charge is 0.392 e. The van der Waals surface area contributed by atoms with Crippen molar-refractivity contribution in [3.05, 3.63) is 47.5 Å². The van der Waals surface area contributed by atoms with Gasteiger partial charge in [0.2, 0.25) is 0 Å². The monoisotopic (exact) mass is 282 g/mol. The van der Waals surface area contributed by atoms with E-state index in [0.717, 1.165) is 12.8 Å². The predicted octanol–water partition coefficient (Wildman–Crippen LogP) is 3.35. The first-order valence-corrected chi connectivity index (χ1v) is 7.97. The highest BCUT2D eigenvalue weighted by Gasteiger charge is 2.60. The van der Waals surface area contributed by atoms with Crippen molar-refractivity contribution in [2.75, 3.05) is 0 Å². The van der Waals surface area contributed by atoms with E-state index < -0.39 is 6.10 Å². The Labute approximate surface area is 125 Å². The van der Waals surface area contributed by atoms with E-state index in [1.807, 2.05) is 0 Å². The molecule has 4 aliphatic rings. The molecule has 4 atom stereocenters. The summed E-state index contributed by atoms with van der Waals surface area (Å²) in [5, 5.41) is 10.6. The van der Waals surface area contributed by atoms with Crippen molar-refractivity contribution in [2.45, 2.75) is 50.5 Å². The molecule has 0 radical (unpaired) electrons. The van der Waals surface area contributed by atoms with E-state index >= 15 is 0 Å². The summed E-state index contributed by atoms with van der Waals surface area (Å²) in [5.41, 5.74) is 2.20. The van der Waals surface area contributed by atoms with Crippen LogP contribution in [0.25, 0.3) is 0 Å². The molecule has 2 heteroatoms. The third kappa shape index (κ3) is 1.49. The molecule has 4 aliphatic carbocycles. The van der Waals surface area contributed by atoms with Crippen LogP contribution in [-0.4, -0.2) is 17.0 Å². The van der Waals surface area contributed by atoms with Gasteiger partial charge in [0.1, 0.15) is 5.78 Å². The lowest BCUT2D eigenvalue weighted by molar-refractivity contribution is -0.135. The third-order valence-corrected chi connectivity index (χ3v) is 6.23. The van der Waals surface area contributed by atoms with Gasteiger partial charge >= 0.3 is 0 Å². The number of hydrogen-bond donors (Lipinski definition) is 1. The van der Waals surface area contributed by atoms with Gasteiger partial charge in [0.15, 0.2) is 0 Å². The Morgan fingerprint density at radius 2 is 2.00 bits per heavy atom. The average Bonchev–Trinajstić information content (AvgIpc) is 2.68. The zero-order chi connectivity index (χ0) is 14.8. The zero-order valence-electron chi connectivity index (χ0n) is 12.7. The highest BCUT2D eigenvalue weighted by atomic mass is 16.3. The molecule has 0 aliphatic heterocycles. The standard InChI is InChI=1S/C19H22O2/c1-18(2)9-8-15(20)17-16(21)11-12-7-10-19(17,18)14-6-4-3-5-13(12)14/h3-7,10,12,15,17,20H,8-9,11H2,1-2H3/t12-,15-,17-,19+/m0/s1. The highest BCUT2D eigenvalue weighted by molar-refractivity contribution is 5.87. The molecule has 1 aromatic rings. The summed E-state index contributed by atoms with van der Waals surface area (Å²) in [6.45, 7) is 4.51. The van der Waals surface area contributed by atoms with Crippen molar-refractivity contribution < 1.29 is 9.90 Å². The molecule has 2 bridgehead atoms. The average molecular weight is 282 g/mol. The highest BCUT2D eigenvalue weighted by Crippen LogP contribution is 2.61. The minimum atomic E-state index is -0.514. The van der Waals surface area contributed by atoms with E-state index in [1.165, 1.54) is 11.1 Å². The first-order chi connectivity index (χ1) is 9.97. The molecule has 1 aromatic carbocycles. The van der Waals surface area contributed by atoms with Crippen LogP contribution in [0.3, 0.4) is 0 Å². The Balaban J connectivity index is 2.07.